The second-order valence-electron chi connectivity index (χ2n) is 3.55. The normalized spacial score (nSPS) is 10.2. The van der Waals surface area contributed by atoms with E-state index in [4.69, 9.17) is 11.5 Å². The minimum absolute atomic E-state index is 0.0530. The van der Waals surface area contributed by atoms with Crippen molar-refractivity contribution in [3.63, 3.8) is 0 Å². The summed E-state index contributed by atoms with van der Waals surface area (Å²) in [4.78, 5) is 11.2. The van der Waals surface area contributed by atoms with E-state index in [1.807, 2.05) is 26.0 Å². The van der Waals surface area contributed by atoms with Crippen LogP contribution in [0.2, 0.25) is 0 Å². The van der Waals surface area contributed by atoms with Crippen LogP contribution < -0.4 is 11.5 Å². The van der Waals surface area contributed by atoms with Gasteiger partial charge < -0.3 is 11.5 Å². The summed E-state index contributed by atoms with van der Waals surface area (Å²) >= 11 is 0. The molecule has 0 aliphatic carbocycles. The van der Waals surface area contributed by atoms with Crippen LogP contribution >= 0.6 is 0 Å². The Morgan fingerprint density at radius 2 is 1.93 bits per heavy atom. The number of nitrogens with two attached hydrogens (primary N) is 2. The highest BCUT2D eigenvalue weighted by Crippen LogP contribution is 2.18. The topological polar surface area (TPSA) is 69.1 Å². The minimum Gasteiger partial charge on any atom is -0.399 e. The van der Waals surface area contributed by atoms with E-state index in [2.05, 4.69) is 0 Å². The lowest BCUT2D eigenvalue weighted by molar-refractivity contribution is -0.117. The van der Waals surface area contributed by atoms with Crippen LogP contribution in [0, 0.1) is 13.8 Å². The molecule has 0 aromatic heterocycles. The SMILES string of the molecule is Cc1cc(CC(=O)CN)c(C)cc1N. The van der Waals surface area contributed by atoms with Gasteiger partial charge in [0.1, 0.15) is 0 Å². The first-order chi connectivity index (χ1) is 6.54. The van der Waals surface area contributed by atoms with Crippen LogP contribution in [0.4, 0.5) is 5.69 Å². The molecule has 0 aliphatic heterocycles. The fraction of sp³-hybridized carbons (Fsp3) is 0.364. The number of carbonyl (C=O) groups excluding carboxylic acids is 1. The molecule has 0 spiro atoms. The molecule has 14 heavy (non-hydrogen) atoms. The van der Waals surface area contributed by atoms with Crippen molar-refractivity contribution in [2.45, 2.75) is 20.3 Å². The summed E-state index contributed by atoms with van der Waals surface area (Å²) in [5.74, 6) is 0.0530. The van der Waals surface area contributed by atoms with Gasteiger partial charge in [-0.1, -0.05) is 6.07 Å². The molecule has 1 rings (SSSR count). The van der Waals surface area contributed by atoms with E-state index >= 15 is 0 Å². The average molecular weight is 192 g/mol. The van der Waals surface area contributed by atoms with Gasteiger partial charge in [0.2, 0.25) is 0 Å². The standard InChI is InChI=1S/C11H16N2O/c1-7-4-11(13)8(2)3-9(7)5-10(14)6-12/h3-4H,5-6,12-13H2,1-2H3. The van der Waals surface area contributed by atoms with E-state index in [-0.39, 0.29) is 12.3 Å². The first-order valence-electron chi connectivity index (χ1n) is 4.62. The van der Waals surface area contributed by atoms with E-state index in [1.54, 1.807) is 0 Å². The molecule has 0 unspecified atom stereocenters. The predicted molar refractivity (Wildman–Crippen MR) is 58.1 cm³/mol. The van der Waals surface area contributed by atoms with Gasteiger partial charge >= 0.3 is 0 Å². The smallest absolute Gasteiger partial charge is 0.150 e. The molecule has 4 N–H and O–H groups in total. The van der Waals surface area contributed by atoms with Crippen molar-refractivity contribution in [1.29, 1.82) is 0 Å². The highest BCUT2D eigenvalue weighted by atomic mass is 16.1. The molecule has 0 bridgehead atoms. The molecule has 76 valence electrons. The summed E-state index contributed by atoms with van der Waals surface area (Å²) in [6, 6.07) is 3.85. The average Bonchev–Trinajstić information content (AvgIpc) is 2.14. The molecule has 1 aromatic carbocycles. The Balaban J connectivity index is 2.98. The second-order valence-corrected chi connectivity index (χ2v) is 3.55. The maximum Gasteiger partial charge on any atom is 0.150 e. The van der Waals surface area contributed by atoms with Gasteiger partial charge in [0.25, 0.3) is 0 Å². The van der Waals surface area contributed by atoms with Crippen LogP contribution in [-0.2, 0) is 11.2 Å². The van der Waals surface area contributed by atoms with Crippen molar-refractivity contribution in [2.24, 2.45) is 5.73 Å². The number of rotatable bonds is 3. The summed E-state index contributed by atoms with van der Waals surface area (Å²) in [5, 5.41) is 0. The van der Waals surface area contributed by atoms with Crippen molar-refractivity contribution < 1.29 is 4.79 Å². The predicted octanol–water partition coefficient (Wildman–Crippen LogP) is 0.956. The Morgan fingerprint density at radius 1 is 1.29 bits per heavy atom. The lowest BCUT2D eigenvalue weighted by atomic mass is 9.99. The van der Waals surface area contributed by atoms with Crippen LogP contribution in [0.5, 0.6) is 0 Å². The van der Waals surface area contributed by atoms with E-state index in [9.17, 15) is 4.79 Å². The number of ketones is 1. The first kappa shape index (κ1) is 10.7. The Labute approximate surface area is 84.1 Å². The molecule has 0 aliphatic rings. The number of carbonyl (C=O) groups is 1. The van der Waals surface area contributed by atoms with E-state index in [0.717, 1.165) is 22.4 Å². The fourth-order valence-electron chi connectivity index (χ4n) is 1.37. The van der Waals surface area contributed by atoms with Crippen molar-refractivity contribution in [3.8, 4) is 0 Å². The summed E-state index contributed by atoms with van der Waals surface area (Å²) in [7, 11) is 0. The highest BCUT2D eigenvalue weighted by molar-refractivity contribution is 5.83. The van der Waals surface area contributed by atoms with Gasteiger partial charge in [0.05, 0.1) is 6.54 Å². The van der Waals surface area contributed by atoms with Crippen molar-refractivity contribution >= 4 is 11.5 Å². The monoisotopic (exact) mass is 192 g/mol. The van der Waals surface area contributed by atoms with E-state index < -0.39 is 0 Å². The molecule has 0 heterocycles. The molecule has 0 amide bonds. The van der Waals surface area contributed by atoms with Gasteiger partial charge in [0.15, 0.2) is 5.78 Å². The molecule has 0 saturated heterocycles. The zero-order chi connectivity index (χ0) is 10.7. The zero-order valence-corrected chi connectivity index (χ0v) is 8.63. The molecule has 1 aromatic rings. The molecule has 0 fully saturated rings. The molecular weight excluding hydrogens is 176 g/mol. The molecule has 3 heteroatoms. The number of hydrogen-bond donors (Lipinski definition) is 2. The van der Waals surface area contributed by atoms with Crippen molar-refractivity contribution in [3.05, 3.63) is 28.8 Å². The summed E-state index contributed by atoms with van der Waals surface area (Å²) < 4.78 is 0. The molecule has 0 atom stereocenters. The van der Waals surface area contributed by atoms with Gasteiger partial charge in [-0.05, 0) is 36.6 Å². The Kier molecular flexibility index (Phi) is 3.25. The van der Waals surface area contributed by atoms with E-state index in [0.29, 0.717) is 6.42 Å². The third-order valence-corrected chi connectivity index (χ3v) is 2.34. The number of Topliss-reactive ketones (excluding diaryl/α,β-unsaturated/α-hetero) is 1. The first-order valence-corrected chi connectivity index (χ1v) is 4.62. The van der Waals surface area contributed by atoms with Crippen LogP contribution in [0.1, 0.15) is 16.7 Å². The molecule has 0 radical (unpaired) electrons. The third kappa shape index (κ3) is 2.33. The Hall–Kier alpha value is -1.35. The lowest BCUT2D eigenvalue weighted by Crippen LogP contribution is -2.16. The maximum absolute atomic E-state index is 11.2. The van der Waals surface area contributed by atoms with Crippen LogP contribution in [-0.4, -0.2) is 12.3 Å². The second kappa shape index (κ2) is 4.24. The number of nitrogen functional groups attached to an aromatic ring is 1. The third-order valence-electron chi connectivity index (χ3n) is 2.34. The molecule has 0 saturated carbocycles. The fourth-order valence-corrected chi connectivity index (χ4v) is 1.37. The number of benzene rings is 1. The van der Waals surface area contributed by atoms with Gasteiger partial charge in [0, 0.05) is 12.1 Å². The highest BCUT2D eigenvalue weighted by Gasteiger charge is 2.06. The zero-order valence-electron chi connectivity index (χ0n) is 8.63. The molecule has 3 nitrogen and oxygen atoms in total. The van der Waals surface area contributed by atoms with Crippen LogP contribution in [0.3, 0.4) is 0 Å². The summed E-state index contributed by atoms with van der Waals surface area (Å²) in [6.07, 6.45) is 0.406. The van der Waals surface area contributed by atoms with Gasteiger partial charge in [-0.15, -0.1) is 0 Å². The van der Waals surface area contributed by atoms with Crippen LogP contribution in [0.15, 0.2) is 12.1 Å². The van der Waals surface area contributed by atoms with Gasteiger partial charge in [-0.25, -0.2) is 0 Å². The molecular formula is C11H16N2O. The van der Waals surface area contributed by atoms with Gasteiger partial charge in [-0.2, -0.15) is 0 Å². The lowest BCUT2D eigenvalue weighted by Gasteiger charge is -2.08. The minimum atomic E-state index is 0.0530. The van der Waals surface area contributed by atoms with Gasteiger partial charge in [-0.3, -0.25) is 4.79 Å². The Bertz CT molecular complexity index is 359. The maximum atomic E-state index is 11.2. The number of aryl methyl sites for hydroxylation is 2. The largest absolute Gasteiger partial charge is 0.399 e. The Morgan fingerprint density at radius 3 is 2.50 bits per heavy atom. The quantitative estimate of drug-likeness (QED) is 0.701. The van der Waals surface area contributed by atoms with E-state index in [1.165, 1.54) is 0 Å². The number of hydrogen-bond acceptors (Lipinski definition) is 3. The van der Waals surface area contributed by atoms with Crippen molar-refractivity contribution in [1.82, 2.24) is 0 Å². The van der Waals surface area contributed by atoms with Crippen LogP contribution in [0.25, 0.3) is 0 Å². The van der Waals surface area contributed by atoms with Crippen molar-refractivity contribution in [2.75, 3.05) is 12.3 Å². The summed E-state index contributed by atoms with van der Waals surface area (Å²) in [6.45, 7) is 3.99. The number of anilines is 1. The summed E-state index contributed by atoms with van der Waals surface area (Å²) in [5.41, 5.74) is 14.9.